The molecule has 3 heterocycles. The van der Waals surface area contributed by atoms with Crippen LogP contribution in [0.2, 0.25) is 0 Å². The predicted molar refractivity (Wildman–Crippen MR) is 76.4 cm³/mol. The summed E-state index contributed by atoms with van der Waals surface area (Å²) < 4.78 is 5.40. The Morgan fingerprint density at radius 1 is 1.30 bits per heavy atom. The number of furan rings is 1. The van der Waals surface area contributed by atoms with Crippen LogP contribution >= 0.6 is 0 Å². The molecule has 0 saturated carbocycles. The summed E-state index contributed by atoms with van der Waals surface area (Å²) in [5, 5.41) is 0. The third-order valence-corrected chi connectivity index (χ3v) is 3.98. The van der Waals surface area contributed by atoms with Gasteiger partial charge < -0.3 is 9.32 Å². The van der Waals surface area contributed by atoms with E-state index in [1.165, 1.54) is 0 Å². The van der Waals surface area contributed by atoms with Gasteiger partial charge >= 0.3 is 0 Å². The fraction of sp³-hybridized carbons (Fsp3) is 0.250. The number of carbonyl (C=O) groups is 1. The average molecular weight is 266 g/mol. The summed E-state index contributed by atoms with van der Waals surface area (Å²) >= 11 is 0. The molecule has 1 fully saturated rings. The highest BCUT2D eigenvalue weighted by atomic mass is 16.3. The van der Waals surface area contributed by atoms with Crippen LogP contribution in [0.25, 0.3) is 11.3 Å². The molecule has 2 aliphatic rings. The van der Waals surface area contributed by atoms with Gasteiger partial charge in [-0.05, 0) is 43.2 Å². The summed E-state index contributed by atoms with van der Waals surface area (Å²) in [5.74, 6) is 0.847. The Labute approximate surface area is 116 Å². The second kappa shape index (κ2) is 4.34. The number of aliphatic imine (C=N–C) groups is 1. The van der Waals surface area contributed by atoms with E-state index in [4.69, 9.17) is 4.42 Å². The van der Waals surface area contributed by atoms with E-state index >= 15 is 0 Å². The van der Waals surface area contributed by atoms with Gasteiger partial charge in [-0.2, -0.15) is 0 Å². The quantitative estimate of drug-likeness (QED) is 0.795. The number of benzene rings is 1. The van der Waals surface area contributed by atoms with Gasteiger partial charge in [0.05, 0.1) is 23.6 Å². The molecule has 1 atom stereocenters. The minimum atomic E-state index is 0.0772. The maximum Gasteiger partial charge on any atom is 0.256 e. The van der Waals surface area contributed by atoms with Crippen molar-refractivity contribution in [1.82, 2.24) is 4.90 Å². The Morgan fingerprint density at radius 3 is 3.10 bits per heavy atom. The van der Waals surface area contributed by atoms with Crippen molar-refractivity contribution in [2.75, 3.05) is 6.54 Å². The highest BCUT2D eigenvalue weighted by Gasteiger charge is 2.31. The van der Waals surface area contributed by atoms with Crippen LogP contribution in [0, 0.1) is 0 Å². The second-order valence-corrected chi connectivity index (χ2v) is 5.20. The topological polar surface area (TPSA) is 45.8 Å². The van der Waals surface area contributed by atoms with Crippen LogP contribution in [0.4, 0.5) is 5.69 Å². The molecule has 1 amide bonds. The van der Waals surface area contributed by atoms with Crippen molar-refractivity contribution in [3.8, 4) is 11.3 Å². The lowest BCUT2D eigenvalue weighted by molar-refractivity contribution is 0.0775. The number of carbonyl (C=O) groups excluding carboxylic acids is 1. The molecule has 4 nitrogen and oxygen atoms in total. The van der Waals surface area contributed by atoms with Gasteiger partial charge in [0.2, 0.25) is 0 Å². The molecule has 1 aromatic carbocycles. The maximum atomic E-state index is 12.7. The number of hydrogen-bond acceptors (Lipinski definition) is 3. The normalized spacial score (nSPS) is 20.7. The number of rotatable bonds is 1. The highest BCUT2D eigenvalue weighted by molar-refractivity contribution is 6.03. The van der Waals surface area contributed by atoms with E-state index in [2.05, 4.69) is 4.99 Å². The lowest BCUT2D eigenvalue weighted by Gasteiger charge is -2.20. The number of amides is 1. The minimum Gasteiger partial charge on any atom is -0.464 e. The van der Waals surface area contributed by atoms with Gasteiger partial charge in [0, 0.05) is 18.3 Å². The molecule has 0 aliphatic carbocycles. The first-order valence-electron chi connectivity index (χ1n) is 6.86. The molecule has 1 saturated heterocycles. The van der Waals surface area contributed by atoms with Crippen LogP contribution in [-0.4, -0.2) is 29.6 Å². The molecule has 2 aliphatic heterocycles. The Bertz CT molecular complexity index is 689. The SMILES string of the molecule is O=C1c2cc(-c3ccco3)ccc2N=C[C@@H]2CCCN12. The lowest BCUT2D eigenvalue weighted by Crippen LogP contribution is -2.35. The maximum absolute atomic E-state index is 12.7. The summed E-state index contributed by atoms with van der Waals surface area (Å²) in [7, 11) is 0. The van der Waals surface area contributed by atoms with E-state index in [1.54, 1.807) is 6.26 Å². The fourth-order valence-electron chi connectivity index (χ4n) is 2.94. The smallest absolute Gasteiger partial charge is 0.256 e. The van der Waals surface area contributed by atoms with Gasteiger partial charge in [0.1, 0.15) is 5.76 Å². The van der Waals surface area contributed by atoms with E-state index < -0.39 is 0 Å². The van der Waals surface area contributed by atoms with Gasteiger partial charge in [-0.25, -0.2) is 0 Å². The molecule has 1 aromatic heterocycles. The monoisotopic (exact) mass is 266 g/mol. The third kappa shape index (κ3) is 1.68. The van der Waals surface area contributed by atoms with Gasteiger partial charge in [-0.1, -0.05) is 0 Å². The average Bonchev–Trinajstić information content (AvgIpc) is 3.13. The van der Waals surface area contributed by atoms with Crippen LogP contribution in [0.3, 0.4) is 0 Å². The number of fused-ring (bicyclic) bond motifs is 2. The molecule has 0 N–H and O–H groups in total. The Kier molecular flexibility index (Phi) is 2.49. The molecule has 100 valence electrons. The van der Waals surface area contributed by atoms with Gasteiger partial charge in [-0.3, -0.25) is 9.79 Å². The number of nitrogens with zero attached hydrogens (tertiary/aromatic N) is 2. The van der Waals surface area contributed by atoms with E-state index in [1.807, 2.05) is 41.4 Å². The summed E-state index contributed by atoms with van der Waals surface area (Å²) in [6, 6.07) is 9.61. The zero-order chi connectivity index (χ0) is 13.5. The molecule has 0 spiro atoms. The molecule has 4 rings (SSSR count). The largest absolute Gasteiger partial charge is 0.464 e. The first-order valence-corrected chi connectivity index (χ1v) is 6.86. The van der Waals surface area contributed by atoms with Gasteiger partial charge in [0.15, 0.2) is 0 Å². The van der Waals surface area contributed by atoms with Crippen molar-refractivity contribution in [3.63, 3.8) is 0 Å². The fourth-order valence-corrected chi connectivity index (χ4v) is 2.94. The molecule has 2 aromatic rings. The standard InChI is InChI=1S/C16H14N2O2/c19-16-13-9-11(15-4-2-8-20-15)5-6-14(13)17-10-12-3-1-7-18(12)16/h2,4-6,8-10,12H,1,3,7H2/t12-/m0/s1. The third-order valence-electron chi connectivity index (χ3n) is 3.98. The Hall–Kier alpha value is -2.36. The van der Waals surface area contributed by atoms with Crippen molar-refractivity contribution >= 4 is 17.8 Å². The summed E-state index contributed by atoms with van der Waals surface area (Å²) in [5.41, 5.74) is 2.33. The molecule has 0 radical (unpaired) electrons. The van der Waals surface area contributed by atoms with E-state index in [0.717, 1.165) is 36.4 Å². The van der Waals surface area contributed by atoms with E-state index in [9.17, 15) is 4.79 Å². The summed E-state index contributed by atoms with van der Waals surface area (Å²) in [6.07, 6.45) is 5.60. The summed E-state index contributed by atoms with van der Waals surface area (Å²) in [4.78, 5) is 19.1. The second-order valence-electron chi connectivity index (χ2n) is 5.20. The van der Waals surface area contributed by atoms with Crippen molar-refractivity contribution in [1.29, 1.82) is 0 Å². The van der Waals surface area contributed by atoms with Crippen molar-refractivity contribution in [3.05, 3.63) is 42.2 Å². The number of hydrogen-bond donors (Lipinski definition) is 0. The van der Waals surface area contributed by atoms with Crippen molar-refractivity contribution < 1.29 is 9.21 Å². The van der Waals surface area contributed by atoms with Crippen LogP contribution in [0.5, 0.6) is 0 Å². The predicted octanol–water partition coefficient (Wildman–Crippen LogP) is 3.27. The van der Waals surface area contributed by atoms with Crippen molar-refractivity contribution in [2.24, 2.45) is 4.99 Å². The molecular weight excluding hydrogens is 252 g/mol. The molecule has 20 heavy (non-hydrogen) atoms. The lowest BCUT2D eigenvalue weighted by atomic mass is 10.1. The van der Waals surface area contributed by atoms with Gasteiger partial charge in [0.25, 0.3) is 5.91 Å². The van der Waals surface area contributed by atoms with E-state index in [0.29, 0.717) is 5.56 Å². The zero-order valence-corrected chi connectivity index (χ0v) is 11.0. The molecule has 0 bridgehead atoms. The molecule has 0 unspecified atom stereocenters. The highest BCUT2D eigenvalue weighted by Crippen LogP contribution is 2.32. The van der Waals surface area contributed by atoms with Gasteiger partial charge in [-0.15, -0.1) is 0 Å². The van der Waals surface area contributed by atoms with Crippen LogP contribution in [0.15, 0.2) is 46.0 Å². The first kappa shape index (κ1) is 11.5. The van der Waals surface area contributed by atoms with Crippen LogP contribution < -0.4 is 0 Å². The van der Waals surface area contributed by atoms with Crippen LogP contribution in [0.1, 0.15) is 23.2 Å². The van der Waals surface area contributed by atoms with Crippen LogP contribution in [-0.2, 0) is 0 Å². The first-order chi connectivity index (χ1) is 9.83. The Balaban J connectivity index is 1.82. The Morgan fingerprint density at radius 2 is 2.25 bits per heavy atom. The zero-order valence-electron chi connectivity index (χ0n) is 11.0. The minimum absolute atomic E-state index is 0.0772. The van der Waals surface area contributed by atoms with E-state index in [-0.39, 0.29) is 11.9 Å². The molecule has 4 heteroatoms. The molecular formula is C16H14N2O2. The van der Waals surface area contributed by atoms with Crippen molar-refractivity contribution in [2.45, 2.75) is 18.9 Å². The summed E-state index contributed by atoms with van der Waals surface area (Å²) in [6.45, 7) is 0.819.